The van der Waals surface area contributed by atoms with Crippen LogP contribution in [0.1, 0.15) is 40.0 Å². The number of carbonyl (C=O) groups is 1. The van der Waals surface area contributed by atoms with E-state index in [-0.39, 0.29) is 6.04 Å². The first kappa shape index (κ1) is 14.8. The zero-order valence-corrected chi connectivity index (χ0v) is 12.2. The fourth-order valence-corrected chi connectivity index (χ4v) is 3.00. The van der Waals surface area contributed by atoms with Gasteiger partial charge < -0.3 is 10.2 Å². The Labute approximate surface area is 110 Å². The van der Waals surface area contributed by atoms with Crippen molar-refractivity contribution in [3.8, 4) is 0 Å². The molecule has 0 aromatic rings. The second kappa shape index (κ2) is 7.98. The number of nitrogens with zero attached hydrogens (tertiary/aromatic N) is 1. The number of unbranched alkanes of at least 4 members (excludes halogenated alkanes) is 2. The van der Waals surface area contributed by atoms with Crippen LogP contribution in [0.3, 0.4) is 0 Å². The normalized spacial score (nSPS) is 20.6. The molecule has 1 heterocycles. The van der Waals surface area contributed by atoms with Crippen LogP contribution in [0.4, 0.5) is 0 Å². The van der Waals surface area contributed by atoms with Gasteiger partial charge in [-0.3, -0.25) is 4.79 Å². The molecular formula is C13H26N2OS. The molecule has 0 spiro atoms. The van der Waals surface area contributed by atoms with E-state index in [0.717, 1.165) is 31.0 Å². The highest BCUT2D eigenvalue weighted by Crippen LogP contribution is 2.12. The van der Waals surface area contributed by atoms with Crippen LogP contribution < -0.4 is 5.32 Å². The number of amides is 1. The van der Waals surface area contributed by atoms with E-state index < -0.39 is 0 Å². The lowest BCUT2D eigenvalue weighted by Gasteiger charge is -2.32. The minimum Gasteiger partial charge on any atom is -0.339 e. The molecule has 17 heavy (non-hydrogen) atoms. The van der Waals surface area contributed by atoms with Crippen molar-refractivity contribution in [3.63, 3.8) is 0 Å². The third-order valence-corrected chi connectivity index (χ3v) is 4.19. The lowest BCUT2D eigenvalue weighted by molar-refractivity contribution is -0.134. The Hall–Kier alpha value is -0.220. The number of nitrogens with one attached hydrogen (secondary N) is 1. The Balaban J connectivity index is 2.46. The Morgan fingerprint density at radius 3 is 2.76 bits per heavy atom. The highest BCUT2D eigenvalue weighted by atomic mass is 32.2. The van der Waals surface area contributed by atoms with Crippen LogP contribution in [0.2, 0.25) is 0 Å². The molecule has 1 amide bonds. The summed E-state index contributed by atoms with van der Waals surface area (Å²) >= 11 is 1.88. The van der Waals surface area contributed by atoms with E-state index in [1.807, 2.05) is 16.7 Å². The Bertz CT molecular complexity index is 227. The summed E-state index contributed by atoms with van der Waals surface area (Å²) in [6.07, 6.45) is 3.54. The van der Waals surface area contributed by atoms with Gasteiger partial charge in [-0.25, -0.2) is 0 Å². The molecular weight excluding hydrogens is 232 g/mol. The van der Waals surface area contributed by atoms with Gasteiger partial charge in [-0.05, 0) is 20.3 Å². The van der Waals surface area contributed by atoms with Gasteiger partial charge >= 0.3 is 0 Å². The SMILES string of the molecule is CCCCCN(C(=O)C1CSCCN1)C(C)C. The van der Waals surface area contributed by atoms with Crippen molar-refractivity contribution in [1.82, 2.24) is 10.2 Å². The molecule has 3 nitrogen and oxygen atoms in total. The van der Waals surface area contributed by atoms with E-state index in [1.165, 1.54) is 12.8 Å². The van der Waals surface area contributed by atoms with E-state index >= 15 is 0 Å². The number of carbonyl (C=O) groups excluding carboxylic acids is 1. The van der Waals surface area contributed by atoms with Gasteiger partial charge in [-0.2, -0.15) is 11.8 Å². The van der Waals surface area contributed by atoms with E-state index in [4.69, 9.17) is 0 Å². The fraction of sp³-hybridized carbons (Fsp3) is 0.923. The van der Waals surface area contributed by atoms with Gasteiger partial charge in [0.15, 0.2) is 0 Å². The van der Waals surface area contributed by atoms with Crippen molar-refractivity contribution >= 4 is 17.7 Å². The van der Waals surface area contributed by atoms with Gasteiger partial charge in [0.2, 0.25) is 5.91 Å². The van der Waals surface area contributed by atoms with Crippen molar-refractivity contribution < 1.29 is 4.79 Å². The molecule has 1 aliphatic rings. The quantitative estimate of drug-likeness (QED) is 0.741. The van der Waals surface area contributed by atoms with Crippen molar-refractivity contribution in [2.24, 2.45) is 0 Å². The maximum absolute atomic E-state index is 12.4. The van der Waals surface area contributed by atoms with Crippen LogP contribution in [0.25, 0.3) is 0 Å². The lowest BCUT2D eigenvalue weighted by atomic mass is 10.2. The summed E-state index contributed by atoms with van der Waals surface area (Å²) in [7, 11) is 0. The number of rotatable bonds is 6. The summed E-state index contributed by atoms with van der Waals surface area (Å²) in [6.45, 7) is 8.29. The maximum atomic E-state index is 12.4. The monoisotopic (exact) mass is 258 g/mol. The molecule has 0 aromatic heterocycles. The average Bonchev–Trinajstić information content (AvgIpc) is 2.34. The van der Waals surface area contributed by atoms with Crippen molar-refractivity contribution in [2.45, 2.75) is 52.1 Å². The average molecular weight is 258 g/mol. The van der Waals surface area contributed by atoms with E-state index in [1.54, 1.807) is 0 Å². The van der Waals surface area contributed by atoms with Gasteiger partial charge in [0.05, 0.1) is 6.04 Å². The van der Waals surface area contributed by atoms with E-state index in [0.29, 0.717) is 11.9 Å². The summed E-state index contributed by atoms with van der Waals surface area (Å²) < 4.78 is 0. The summed E-state index contributed by atoms with van der Waals surface area (Å²) in [5, 5.41) is 3.33. The van der Waals surface area contributed by atoms with Crippen LogP contribution >= 0.6 is 11.8 Å². The minimum absolute atomic E-state index is 0.0396. The third-order valence-electron chi connectivity index (χ3n) is 3.13. The van der Waals surface area contributed by atoms with Gasteiger partial charge in [-0.15, -0.1) is 0 Å². The number of hydrogen-bond donors (Lipinski definition) is 1. The first-order chi connectivity index (χ1) is 8.16. The molecule has 0 aromatic carbocycles. The fourth-order valence-electron chi connectivity index (χ4n) is 2.08. The number of thioether (sulfide) groups is 1. The van der Waals surface area contributed by atoms with Crippen molar-refractivity contribution in [3.05, 3.63) is 0 Å². The molecule has 0 bridgehead atoms. The van der Waals surface area contributed by atoms with Gasteiger partial charge in [-0.1, -0.05) is 19.8 Å². The Morgan fingerprint density at radius 1 is 1.47 bits per heavy atom. The van der Waals surface area contributed by atoms with Crippen molar-refractivity contribution in [1.29, 1.82) is 0 Å². The summed E-state index contributed by atoms with van der Waals surface area (Å²) in [6, 6.07) is 0.353. The molecule has 1 aliphatic heterocycles. The van der Waals surface area contributed by atoms with Crippen LogP contribution in [-0.4, -0.2) is 47.5 Å². The highest BCUT2D eigenvalue weighted by Gasteiger charge is 2.26. The third kappa shape index (κ3) is 4.88. The number of hydrogen-bond acceptors (Lipinski definition) is 3. The smallest absolute Gasteiger partial charge is 0.240 e. The lowest BCUT2D eigenvalue weighted by Crippen LogP contribution is -2.52. The van der Waals surface area contributed by atoms with Crippen molar-refractivity contribution in [2.75, 3.05) is 24.6 Å². The highest BCUT2D eigenvalue weighted by molar-refractivity contribution is 7.99. The van der Waals surface area contributed by atoms with Crippen LogP contribution in [0.5, 0.6) is 0 Å². The minimum atomic E-state index is 0.0396. The topological polar surface area (TPSA) is 32.3 Å². The molecule has 0 radical (unpaired) electrons. The second-order valence-electron chi connectivity index (χ2n) is 4.91. The standard InChI is InChI=1S/C13H26N2OS/c1-4-5-6-8-15(11(2)3)13(16)12-10-17-9-7-14-12/h11-12,14H,4-10H2,1-3H3. The summed E-state index contributed by atoms with van der Waals surface area (Å²) in [5.41, 5.74) is 0. The van der Waals surface area contributed by atoms with Gasteiger partial charge in [0, 0.05) is 30.6 Å². The van der Waals surface area contributed by atoms with Crippen LogP contribution in [-0.2, 0) is 4.79 Å². The van der Waals surface area contributed by atoms with E-state index in [9.17, 15) is 4.79 Å². The molecule has 1 unspecified atom stereocenters. The summed E-state index contributed by atoms with van der Waals surface area (Å²) in [4.78, 5) is 14.4. The molecule has 0 aliphatic carbocycles. The Kier molecular flexibility index (Phi) is 6.97. The van der Waals surface area contributed by atoms with Gasteiger partial charge in [0.25, 0.3) is 0 Å². The molecule has 1 fully saturated rings. The predicted octanol–water partition coefficient (Wildman–Crippen LogP) is 2.12. The first-order valence-corrected chi connectivity index (χ1v) is 7.94. The summed E-state index contributed by atoms with van der Waals surface area (Å²) in [5.74, 6) is 2.35. The molecule has 1 N–H and O–H groups in total. The molecule has 100 valence electrons. The first-order valence-electron chi connectivity index (χ1n) is 6.78. The molecule has 4 heteroatoms. The molecule has 0 saturated carbocycles. The Morgan fingerprint density at radius 2 is 2.24 bits per heavy atom. The van der Waals surface area contributed by atoms with Crippen LogP contribution in [0, 0.1) is 0 Å². The largest absolute Gasteiger partial charge is 0.339 e. The predicted molar refractivity (Wildman–Crippen MR) is 75.5 cm³/mol. The zero-order chi connectivity index (χ0) is 12.7. The van der Waals surface area contributed by atoms with E-state index in [2.05, 4.69) is 26.1 Å². The second-order valence-corrected chi connectivity index (χ2v) is 6.06. The van der Waals surface area contributed by atoms with Gasteiger partial charge in [0.1, 0.15) is 0 Å². The zero-order valence-electron chi connectivity index (χ0n) is 11.4. The van der Waals surface area contributed by atoms with Crippen LogP contribution in [0.15, 0.2) is 0 Å². The molecule has 1 saturated heterocycles. The molecule has 1 rings (SSSR count). The maximum Gasteiger partial charge on any atom is 0.240 e. The molecule has 1 atom stereocenters.